The molecular weight excluding hydrogens is 348 g/mol. The van der Waals surface area contributed by atoms with E-state index in [1.807, 2.05) is 12.1 Å². The summed E-state index contributed by atoms with van der Waals surface area (Å²) in [5.41, 5.74) is 0.954. The van der Waals surface area contributed by atoms with E-state index < -0.39 is 0 Å². The third kappa shape index (κ3) is 4.04. The molecule has 0 fully saturated rings. The topological polar surface area (TPSA) is 71.3 Å². The average molecular weight is 361 g/mol. The minimum absolute atomic E-state index is 0.201. The van der Waals surface area contributed by atoms with E-state index in [9.17, 15) is 9.59 Å². The van der Waals surface area contributed by atoms with Gasteiger partial charge < -0.3 is 15.1 Å². The van der Waals surface area contributed by atoms with Crippen LogP contribution < -0.4 is 10.6 Å². The number of anilines is 1. The van der Waals surface area contributed by atoms with E-state index in [2.05, 4.69) is 10.6 Å². The van der Waals surface area contributed by atoms with Gasteiger partial charge in [-0.3, -0.25) is 9.59 Å². The lowest BCUT2D eigenvalue weighted by molar-refractivity contribution is 0.0953. The van der Waals surface area contributed by atoms with Crippen molar-refractivity contribution in [1.82, 2.24) is 5.32 Å². The monoisotopic (exact) mass is 360 g/mol. The fourth-order valence-corrected chi connectivity index (χ4v) is 2.92. The summed E-state index contributed by atoms with van der Waals surface area (Å²) in [6.07, 6.45) is 1.43. The minimum atomic E-state index is -0.352. The maximum absolute atomic E-state index is 12.2. The van der Waals surface area contributed by atoms with Gasteiger partial charge in [0.15, 0.2) is 5.76 Å². The van der Waals surface area contributed by atoms with Crippen LogP contribution in [0.4, 0.5) is 5.00 Å². The zero-order valence-corrected chi connectivity index (χ0v) is 14.0. The van der Waals surface area contributed by atoms with Crippen LogP contribution in [0.5, 0.6) is 0 Å². The van der Waals surface area contributed by atoms with Crippen LogP contribution in [0.3, 0.4) is 0 Å². The van der Waals surface area contributed by atoms with Crippen molar-refractivity contribution in [2.45, 2.75) is 6.54 Å². The molecule has 0 aliphatic rings. The van der Waals surface area contributed by atoms with Crippen LogP contribution in [0, 0.1) is 0 Å². The van der Waals surface area contributed by atoms with Gasteiger partial charge in [0.25, 0.3) is 11.8 Å². The molecule has 2 heterocycles. The maximum atomic E-state index is 12.2. The summed E-state index contributed by atoms with van der Waals surface area (Å²) in [5, 5.41) is 6.75. The molecule has 2 aromatic heterocycles. The predicted molar refractivity (Wildman–Crippen MR) is 93.6 cm³/mol. The van der Waals surface area contributed by atoms with Gasteiger partial charge in [0.2, 0.25) is 0 Å². The smallest absolute Gasteiger partial charge is 0.291 e. The van der Waals surface area contributed by atoms with Gasteiger partial charge in [-0.2, -0.15) is 0 Å². The Labute approximate surface area is 147 Å². The van der Waals surface area contributed by atoms with Gasteiger partial charge in [-0.25, -0.2) is 0 Å². The molecule has 1 aromatic carbocycles. The molecule has 3 aromatic rings. The molecule has 0 saturated heterocycles. The summed E-state index contributed by atoms with van der Waals surface area (Å²) in [7, 11) is 0. The highest BCUT2D eigenvalue weighted by Crippen LogP contribution is 2.22. The van der Waals surface area contributed by atoms with Crippen molar-refractivity contribution < 1.29 is 14.0 Å². The highest BCUT2D eigenvalue weighted by Gasteiger charge is 2.13. The molecule has 0 unspecified atom stereocenters. The first kappa shape index (κ1) is 16.3. The van der Waals surface area contributed by atoms with E-state index in [1.54, 1.807) is 36.4 Å². The van der Waals surface area contributed by atoms with E-state index >= 15 is 0 Å². The third-order valence-corrected chi connectivity index (χ3v) is 4.43. The zero-order chi connectivity index (χ0) is 16.9. The van der Waals surface area contributed by atoms with Crippen molar-refractivity contribution in [1.29, 1.82) is 0 Å². The van der Waals surface area contributed by atoms with Gasteiger partial charge in [0.1, 0.15) is 0 Å². The molecule has 2 amide bonds. The molecule has 122 valence electrons. The number of carbonyl (C=O) groups is 2. The van der Waals surface area contributed by atoms with E-state index in [-0.39, 0.29) is 17.6 Å². The number of carbonyl (C=O) groups excluding carboxylic acids is 2. The van der Waals surface area contributed by atoms with Crippen molar-refractivity contribution in [2.75, 3.05) is 5.32 Å². The summed E-state index contributed by atoms with van der Waals surface area (Å²) >= 11 is 7.02. The molecule has 2 N–H and O–H groups in total. The Hall–Kier alpha value is -2.57. The molecule has 0 atom stereocenters. The molecular formula is C17H13ClN2O3S. The number of hydrogen-bond donors (Lipinski definition) is 2. The van der Waals surface area contributed by atoms with Crippen molar-refractivity contribution >= 4 is 39.8 Å². The second kappa shape index (κ2) is 7.33. The Morgan fingerprint density at radius 3 is 2.54 bits per heavy atom. The first-order chi connectivity index (χ1) is 11.6. The molecule has 0 aliphatic heterocycles. The Balaban J connectivity index is 1.57. The standard InChI is InChI=1S/C17H13ClN2O3S/c18-12-5-3-11(4-6-12)10-19-17(22)14-7-8-15(24-14)20-16(21)13-2-1-9-23-13/h1-9H,10H2,(H,19,22)(H,20,21). The lowest BCUT2D eigenvalue weighted by Crippen LogP contribution is -2.21. The Kier molecular flexibility index (Phi) is 4.98. The van der Waals surface area contributed by atoms with E-state index in [1.165, 1.54) is 17.6 Å². The summed E-state index contributed by atoms with van der Waals surface area (Å²) in [6, 6.07) is 13.8. The first-order valence-corrected chi connectivity index (χ1v) is 8.28. The molecule has 0 saturated carbocycles. The number of furan rings is 1. The maximum Gasteiger partial charge on any atom is 0.291 e. The SMILES string of the molecule is O=C(Nc1ccc(C(=O)NCc2ccc(Cl)cc2)s1)c1ccco1. The van der Waals surface area contributed by atoms with E-state index in [0.717, 1.165) is 5.56 Å². The van der Waals surface area contributed by atoms with E-state index in [0.29, 0.717) is 21.4 Å². The molecule has 7 heteroatoms. The number of benzene rings is 1. The molecule has 5 nitrogen and oxygen atoms in total. The first-order valence-electron chi connectivity index (χ1n) is 7.09. The Morgan fingerprint density at radius 2 is 1.83 bits per heavy atom. The summed E-state index contributed by atoms with van der Waals surface area (Å²) in [4.78, 5) is 24.6. The fourth-order valence-electron chi connectivity index (χ4n) is 1.98. The summed E-state index contributed by atoms with van der Waals surface area (Å²) < 4.78 is 5.02. The Morgan fingerprint density at radius 1 is 1.04 bits per heavy atom. The predicted octanol–water partition coefficient (Wildman–Crippen LogP) is 4.18. The van der Waals surface area contributed by atoms with Crippen LogP contribution in [0.25, 0.3) is 0 Å². The Bertz CT molecular complexity index is 841. The molecule has 0 aliphatic carbocycles. The third-order valence-electron chi connectivity index (χ3n) is 3.18. The highest BCUT2D eigenvalue weighted by molar-refractivity contribution is 7.18. The summed E-state index contributed by atoms with van der Waals surface area (Å²) in [6.45, 7) is 0.405. The van der Waals surface area contributed by atoms with Crippen LogP contribution in [0.2, 0.25) is 5.02 Å². The second-order valence-electron chi connectivity index (χ2n) is 4.90. The number of rotatable bonds is 5. The van der Waals surface area contributed by atoms with Crippen LogP contribution >= 0.6 is 22.9 Å². The number of thiophene rings is 1. The van der Waals surface area contributed by atoms with Crippen molar-refractivity contribution in [3.8, 4) is 0 Å². The summed E-state index contributed by atoms with van der Waals surface area (Å²) in [5.74, 6) is -0.333. The van der Waals surface area contributed by atoms with Crippen LogP contribution in [0.15, 0.2) is 59.2 Å². The average Bonchev–Trinajstić information content (AvgIpc) is 3.26. The van der Waals surface area contributed by atoms with Crippen molar-refractivity contribution in [2.24, 2.45) is 0 Å². The van der Waals surface area contributed by atoms with E-state index in [4.69, 9.17) is 16.0 Å². The second-order valence-corrected chi connectivity index (χ2v) is 6.42. The fraction of sp³-hybridized carbons (Fsp3) is 0.0588. The van der Waals surface area contributed by atoms with Crippen molar-refractivity contribution in [3.63, 3.8) is 0 Å². The van der Waals surface area contributed by atoms with Crippen LogP contribution in [-0.4, -0.2) is 11.8 Å². The molecule has 0 radical (unpaired) electrons. The largest absolute Gasteiger partial charge is 0.459 e. The highest BCUT2D eigenvalue weighted by atomic mass is 35.5. The van der Waals surface area contributed by atoms with Crippen LogP contribution in [0.1, 0.15) is 25.8 Å². The quantitative estimate of drug-likeness (QED) is 0.717. The molecule has 24 heavy (non-hydrogen) atoms. The number of amides is 2. The van der Waals surface area contributed by atoms with Gasteiger partial charge in [-0.1, -0.05) is 23.7 Å². The number of nitrogens with one attached hydrogen (secondary N) is 2. The lowest BCUT2D eigenvalue weighted by Gasteiger charge is -2.04. The van der Waals surface area contributed by atoms with Gasteiger partial charge in [0.05, 0.1) is 16.1 Å². The lowest BCUT2D eigenvalue weighted by atomic mass is 10.2. The molecule has 0 bridgehead atoms. The minimum Gasteiger partial charge on any atom is -0.459 e. The molecule has 3 rings (SSSR count). The van der Waals surface area contributed by atoms with Gasteiger partial charge in [0, 0.05) is 11.6 Å². The van der Waals surface area contributed by atoms with Gasteiger partial charge >= 0.3 is 0 Å². The normalized spacial score (nSPS) is 10.4. The number of halogens is 1. The number of hydrogen-bond acceptors (Lipinski definition) is 4. The van der Waals surface area contributed by atoms with Crippen LogP contribution in [-0.2, 0) is 6.54 Å². The van der Waals surface area contributed by atoms with Crippen molar-refractivity contribution in [3.05, 3.63) is 76.0 Å². The molecule has 0 spiro atoms. The van der Waals surface area contributed by atoms with Gasteiger partial charge in [-0.05, 0) is 42.0 Å². The zero-order valence-electron chi connectivity index (χ0n) is 12.4. The van der Waals surface area contributed by atoms with Gasteiger partial charge in [-0.15, -0.1) is 11.3 Å².